The minimum atomic E-state index is -4.26. The number of thiophene rings is 1. The number of nitrogens with one attached hydrogen (secondary N) is 2. The molecule has 268 valence electrons. The summed E-state index contributed by atoms with van der Waals surface area (Å²) in [5, 5.41) is 18.2. The normalized spacial score (nSPS) is 17.7. The fourth-order valence-electron chi connectivity index (χ4n) is 7.56. The minimum Gasteiger partial charge on any atom is -0.367 e. The van der Waals surface area contributed by atoms with Crippen LogP contribution in [0.4, 0.5) is 19.0 Å². The monoisotopic (exact) mass is 708 g/mol. The van der Waals surface area contributed by atoms with Crippen LogP contribution >= 0.6 is 11.3 Å². The molecular weight excluding hydrogens is 662 g/mol. The second-order valence-electron chi connectivity index (χ2n) is 14.0. The first-order valence-electron chi connectivity index (χ1n) is 17.8. The predicted molar refractivity (Wildman–Crippen MR) is 192 cm³/mol. The maximum Gasteiger partial charge on any atom is 0.393 e. The summed E-state index contributed by atoms with van der Waals surface area (Å²) in [4.78, 5) is 26.8. The Bertz CT molecular complexity index is 1860. The number of anilines is 1. The van der Waals surface area contributed by atoms with Crippen molar-refractivity contribution in [1.82, 2.24) is 29.7 Å². The molecule has 2 fully saturated rings. The zero-order valence-corrected chi connectivity index (χ0v) is 30.2. The van der Waals surface area contributed by atoms with Crippen LogP contribution in [-0.4, -0.2) is 81.7 Å². The van der Waals surface area contributed by atoms with Gasteiger partial charge in [-0.25, -0.2) is 9.97 Å². The van der Waals surface area contributed by atoms with Gasteiger partial charge in [-0.3, -0.25) is 14.6 Å². The van der Waals surface area contributed by atoms with E-state index >= 15 is 0 Å². The average Bonchev–Trinajstić information content (AvgIpc) is 3.66. The van der Waals surface area contributed by atoms with Crippen LogP contribution in [0.2, 0.25) is 0 Å². The molecule has 5 heterocycles. The van der Waals surface area contributed by atoms with Crippen LogP contribution in [0.15, 0.2) is 24.3 Å². The molecule has 0 aliphatic carbocycles. The standard InChI is InChI=1S/C37H47F3N8OS/c1-5-33-44-35(31-18-29(19-37(38,39)40)50-36(31)45-33)43-27-10-12-46(13-11-27)22-26-6-7-32-30(24(26)3)17-28(20-41)48(32)21-23(2)47-14-8-25(9-15-47)16-34(49)42-4/h6-7,17-18,23,25,27H,5,8-16,19,21-22H2,1-4H3,(H,42,49)(H,43,44,45)/t23-/m0/s1. The average molecular weight is 709 g/mol. The number of benzene rings is 1. The largest absolute Gasteiger partial charge is 0.393 e. The molecule has 2 N–H and O–H groups in total. The summed E-state index contributed by atoms with van der Waals surface area (Å²) in [6.45, 7) is 11.6. The number of rotatable bonds is 11. The number of aromatic nitrogens is 3. The lowest BCUT2D eigenvalue weighted by Gasteiger charge is -2.36. The van der Waals surface area contributed by atoms with Gasteiger partial charge < -0.3 is 15.2 Å². The second kappa shape index (κ2) is 15.3. The van der Waals surface area contributed by atoms with Crippen molar-refractivity contribution in [2.75, 3.05) is 38.5 Å². The number of hydrogen-bond acceptors (Lipinski definition) is 8. The lowest BCUT2D eigenvalue weighted by Crippen LogP contribution is -2.42. The van der Waals surface area contributed by atoms with Crippen LogP contribution in [0.3, 0.4) is 0 Å². The summed E-state index contributed by atoms with van der Waals surface area (Å²) in [6, 6.07) is 10.9. The van der Waals surface area contributed by atoms with Gasteiger partial charge in [-0.2, -0.15) is 18.4 Å². The molecule has 0 saturated carbocycles. The van der Waals surface area contributed by atoms with Gasteiger partial charge in [-0.05, 0) is 87.9 Å². The van der Waals surface area contributed by atoms with Gasteiger partial charge in [0.1, 0.15) is 28.2 Å². The van der Waals surface area contributed by atoms with Crippen molar-refractivity contribution in [3.8, 4) is 6.07 Å². The Morgan fingerprint density at radius 1 is 1.10 bits per heavy atom. The van der Waals surface area contributed by atoms with Crippen LogP contribution in [0.5, 0.6) is 0 Å². The highest BCUT2D eigenvalue weighted by atomic mass is 32.1. The molecular formula is C37H47F3N8OS. The SMILES string of the molecule is CCc1nc(NC2CCN(Cc3ccc4c(cc(C#N)n4C[C@H](C)N4CCC(CC(=O)NC)CC4)c3C)CC2)c2cc(CC(F)(F)F)sc2n1. The number of halogens is 3. The maximum atomic E-state index is 13.1. The van der Waals surface area contributed by atoms with E-state index in [1.54, 1.807) is 13.1 Å². The molecule has 0 unspecified atom stereocenters. The van der Waals surface area contributed by atoms with Gasteiger partial charge in [-0.1, -0.05) is 13.0 Å². The summed E-state index contributed by atoms with van der Waals surface area (Å²) in [7, 11) is 1.69. The third-order valence-corrected chi connectivity index (χ3v) is 11.6. The zero-order chi connectivity index (χ0) is 35.6. The maximum absolute atomic E-state index is 13.1. The highest BCUT2D eigenvalue weighted by molar-refractivity contribution is 7.18. The number of piperidine rings is 2. The van der Waals surface area contributed by atoms with E-state index in [2.05, 4.69) is 67.0 Å². The highest BCUT2D eigenvalue weighted by Crippen LogP contribution is 2.34. The summed E-state index contributed by atoms with van der Waals surface area (Å²) in [5.74, 6) is 1.80. The fourth-order valence-corrected chi connectivity index (χ4v) is 8.64. The van der Waals surface area contributed by atoms with Crippen LogP contribution in [-0.2, 0) is 30.7 Å². The van der Waals surface area contributed by atoms with E-state index < -0.39 is 12.6 Å². The predicted octanol–water partition coefficient (Wildman–Crippen LogP) is 6.81. The highest BCUT2D eigenvalue weighted by Gasteiger charge is 2.30. The zero-order valence-electron chi connectivity index (χ0n) is 29.4. The summed E-state index contributed by atoms with van der Waals surface area (Å²) >= 11 is 1.10. The van der Waals surface area contributed by atoms with Crippen molar-refractivity contribution in [1.29, 1.82) is 5.26 Å². The van der Waals surface area contributed by atoms with Crippen molar-refractivity contribution in [2.45, 2.75) is 97.1 Å². The van der Waals surface area contributed by atoms with Gasteiger partial charge in [0.15, 0.2) is 0 Å². The Balaban J connectivity index is 1.08. The van der Waals surface area contributed by atoms with Crippen molar-refractivity contribution in [3.63, 3.8) is 0 Å². The quantitative estimate of drug-likeness (QED) is 0.177. The lowest BCUT2D eigenvalue weighted by molar-refractivity contribution is -0.126. The number of fused-ring (bicyclic) bond motifs is 2. The second-order valence-corrected chi connectivity index (χ2v) is 15.1. The third kappa shape index (κ3) is 8.24. The molecule has 0 spiro atoms. The molecule has 1 atom stereocenters. The van der Waals surface area contributed by atoms with E-state index in [-0.39, 0.29) is 22.9 Å². The number of carbonyl (C=O) groups excluding carboxylic acids is 1. The Labute approximate surface area is 295 Å². The smallest absolute Gasteiger partial charge is 0.367 e. The van der Waals surface area contributed by atoms with Crippen LogP contribution in [0.25, 0.3) is 21.1 Å². The molecule has 2 aliphatic heterocycles. The molecule has 1 amide bonds. The number of carbonyl (C=O) groups is 1. The molecule has 13 heteroatoms. The number of alkyl halides is 3. The van der Waals surface area contributed by atoms with Crippen molar-refractivity contribution < 1.29 is 18.0 Å². The number of likely N-dealkylation sites (tertiary alicyclic amines) is 2. The van der Waals surface area contributed by atoms with Gasteiger partial charge in [0.25, 0.3) is 0 Å². The van der Waals surface area contributed by atoms with Crippen molar-refractivity contribution in [3.05, 3.63) is 51.8 Å². The Morgan fingerprint density at radius 2 is 1.84 bits per heavy atom. The van der Waals surface area contributed by atoms with Gasteiger partial charge in [0.2, 0.25) is 5.91 Å². The molecule has 4 aromatic rings. The summed E-state index contributed by atoms with van der Waals surface area (Å²) < 4.78 is 41.5. The first kappa shape index (κ1) is 36.1. The van der Waals surface area contributed by atoms with Gasteiger partial charge in [0.05, 0.1) is 11.8 Å². The number of aryl methyl sites for hydroxylation is 2. The molecule has 2 saturated heterocycles. The molecule has 50 heavy (non-hydrogen) atoms. The van der Waals surface area contributed by atoms with E-state index in [9.17, 15) is 23.2 Å². The number of nitriles is 1. The van der Waals surface area contributed by atoms with Crippen LogP contribution < -0.4 is 10.6 Å². The fraction of sp³-hybridized carbons (Fsp3) is 0.568. The first-order chi connectivity index (χ1) is 23.9. The molecule has 0 radical (unpaired) electrons. The summed E-state index contributed by atoms with van der Waals surface area (Å²) in [6.07, 6.45) is -0.213. The van der Waals surface area contributed by atoms with E-state index in [4.69, 9.17) is 0 Å². The Morgan fingerprint density at radius 3 is 2.50 bits per heavy atom. The summed E-state index contributed by atoms with van der Waals surface area (Å²) in [5.41, 5.74) is 4.21. The van der Waals surface area contributed by atoms with Crippen molar-refractivity contribution in [2.24, 2.45) is 5.92 Å². The van der Waals surface area contributed by atoms with Crippen LogP contribution in [0.1, 0.15) is 73.5 Å². The third-order valence-electron chi connectivity index (χ3n) is 10.6. The molecule has 1 aromatic carbocycles. The first-order valence-corrected chi connectivity index (χ1v) is 18.6. The van der Waals surface area contributed by atoms with Gasteiger partial charge >= 0.3 is 6.18 Å². The van der Waals surface area contributed by atoms with Crippen molar-refractivity contribution >= 4 is 44.2 Å². The molecule has 9 nitrogen and oxygen atoms in total. The number of nitrogens with zero attached hydrogens (tertiary/aromatic N) is 6. The minimum absolute atomic E-state index is 0.111. The van der Waals surface area contributed by atoms with Crippen LogP contribution in [0, 0.1) is 24.2 Å². The lowest BCUT2D eigenvalue weighted by atomic mass is 9.92. The molecule has 6 rings (SSSR count). The molecule has 0 bridgehead atoms. The number of hydrogen-bond donors (Lipinski definition) is 2. The Kier molecular flexibility index (Phi) is 11.0. The van der Waals surface area contributed by atoms with E-state index in [1.807, 2.05) is 13.0 Å². The van der Waals surface area contributed by atoms with E-state index in [0.717, 1.165) is 87.2 Å². The van der Waals surface area contributed by atoms with E-state index in [1.165, 1.54) is 11.1 Å². The topological polar surface area (TPSA) is 102 Å². The molecule has 3 aromatic heterocycles. The molecule has 2 aliphatic rings. The van der Waals surface area contributed by atoms with Gasteiger partial charge in [0, 0.05) is 73.9 Å². The Hall–Kier alpha value is -3.73. The van der Waals surface area contributed by atoms with Gasteiger partial charge in [-0.15, -0.1) is 11.3 Å². The van der Waals surface area contributed by atoms with E-state index in [0.29, 0.717) is 46.3 Å². The number of amides is 1.